The number of rotatable bonds is 4. The maximum absolute atomic E-state index is 12.4. The molecule has 0 bridgehead atoms. The molecule has 2 heterocycles. The lowest BCUT2D eigenvalue weighted by molar-refractivity contribution is 0.0698. The van der Waals surface area contributed by atoms with Crippen LogP contribution in [0.4, 0.5) is 5.69 Å². The average molecular weight is 431 g/mol. The summed E-state index contributed by atoms with van der Waals surface area (Å²) in [5, 5.41) is 15.6. The average Bonchev–Trinajstić information content (AvgIpc) is 3.31. The highest BCUT2D eigenvalue weighted by molar-refractivity contribution is 9.10. The smallest absolute Gasteiger partial charge is 0.337 e. The molecule has 9 heteroatoms. The summed E-state index contributed by atoms with van der Waals surface area (Å²) < 4.78 is 16.4. The maximum atomic E-state index is 12.4. The van der Waals surface area contributed by atoms with Crippen molar-refractivity contribution in [1.82, 2.24) is 5.16 Å². The Morgan fingerprint density at radius 2 is 1.89 bits per heavy atom. The fraction of sp³-hybridized carbons (Fsp3) is 0.0556. The predicted octanol–water partition coefficient (Wildman–Crippen LogP) is 3.78. The third-order valence-corrected chi connectivity index (χ3v) is 4.35. The van der Waals surface area contributed by atoms with Gasteiger partial charge in [-0.2, -0.15) is 0 Å². The number of ether oxygens (including phenoxy) is 2. The van der Waals surface area contributed by atoms with Crippen LogP contribution in [0, 0.1) is 0 Å². The lowest BCUT2D eigenvalue weighted by Gasteiger charge is -2.07. The second-order valence-electron chi connectivity index (χ2n) is 5.59. The maximum Gasteiger partial charge on any atom is 0.337 e. The van der Waals surface area contributed by atoms with Crippen LogP contribution in [0.2, 0.25) is 0 Å². The molecule has 0 atom stereocenters. The topological polar surface area (TPSA) is 111 Å². The zero-order valence-electron chi connectivity index (χ0n) is 13.6. The number of carboxylic acids is 1. The van der Waals surface area contributed by atoms with E-state index in [2.05, 4.69) is 26.4 Å². The van der Waals surface area contributed by atoms with E-state index < -0.39 is 11.9 Å². The molecule has 0 spiro atoms. The van der Waals surface area contributed by atoms with Gasteiger partial charge in [0.1, 0.15) is 0 Å². The first-order valence-electron chi connectivity index (χ1n) is 7.72. The fourth-order valence-corrected chi connectivity index (χ4v) is 2.92. The molecule has 2 aromatic carbocycles. The number of carbonyl (C=O) groups excluding carboxylic acids is 1. The van der Waals surface area contributed by atoms with Crippen molar-refractivity contribution in [2.75, 3.05) is 12.1 Å². The number of carboxylic acid groups (broad SMARTS) is 1. The number of fused-ring (bicyclic) bond motifs is 1. The quantitative estimate of drug-likeness (QED) is 0.647. The molecule has 0 unspecified atom stereocenters. The molecular weight excluding hydrogens is 420 g/mol. The molecule has 0 fully saturated rings. The van der Waals surface area contributed by atoms with Crippen LogP contribution in [0.15, 0.2) is 51.5 Å². The minimum Gasteiger partial charge on any atom is -0.478 e. The number of anilines is 1. The summed E-state index contributed by atoms with van der Waals surface area (Å²) in [5.41, 5.74) is 0.795. The monoisotopic (exact) mass is 430 g/mol. The Labute approximate surface area is 160 Å². The van der Waals surface area contributed by atoms with Crippen LogP contribution in [0.25, 0.3) is 11.3 Å². The molecule has 0 radical (unpaired) electrons. The van der Waals surface area contributed by atoms with Gasteiger partial charge in [-0.05, 0) is 36.4 Å². The number of aromatic nitrogens is 1. The summed E-state index contributed by atoms with van der Waals surface area (Å²) in [6.45, 7) is 0.155. The van der Waals surface area contributed by atoms with Crippen molar-refractivity contribution in [1.29, 1.82) is 0 Å². The van der Waals surface area contributed by atoms with E-state index in [9.17, 15) is 14.7 Å². The van der Waals surface area contributed by atoms with Gasteiger partial charge < -0.3 is 24.4 Å². The molecule has 8 nitrogen and oxygen atoms in total. The largest absolute Gasteiger partial charge is 0.478 e. The van der Waals surface area contributed by atoms with Gasteiger partial charge in [-0.1, -0.05) is 21.1 Å². The van der Waals surface area contributed by atoms with Gasteiger partial charge in [0, 0.05) is 16.1 Å². The van der Waals surface area contributed by atoms with Crippen molar-refractivity contribution in [3.05, 3.63) is 58.2 Å². The van der Waals surface area contributed by atoms with Crippen LogP contribution >= 0.6 is 15.9 Å². The summed E-state index contributed by atoms with van der Waals surface area (Å²) in [6.07, 6.45) is 0. The van der Waals surface area contributed by atoms with Crippen LogP contribution in [-0.2, 0) is 0 Å². The lowest BCUT2D eigenvalue weighted by atomic mass is 10.1. The fourth-order valence-electron chi connectivity index (χ4n) is 2.56. The van der Waals surface area contributed by atoms with Gasteiger partial charge in [-0.3, -0.25) is 4.79 Å². The molecule has 3 aromatic rings. The molecule has 0 aliphatic carbocycles. The number of hydrogen-bond acceptors (Lipinski definition) is 6. The normalized spacial score (nSPS) is 12.0. The second-order valence-corrected chi connectivity index (χ2v) is 6.51. The van der Waals surface area contributed by atoms with E-state index in [1.807, 2.05) is 0 Å². The third-order valence-electron chi connectivity index (χ3n) is 3.86. The molecule has 4 rings (SSSR count). The van der Waals surface area contributed by atoms with Crippen molar-refractivity contribution in [2.24, 2.45) is 0 Å². The standard InChI is InChI=1S/C18H11BrN2O6/c19-10-2-3-12(11(6-10)18(23)24)20-17(22)13-7-15(27-21-13)9-1-4-14-16(5-9)26-8-25-14/h1-7H,8H2,(H,20,22)(H,23,24). The molecule has 2 N–H and O–H groups in total. The molecular formula is C18H11BrN2O6. The molecule has 1 aromatic heterocycles. The summed E-state index contributed by atoms with van der Waals surface area (Å²) in [5.74, 6) is -0.167. The van der Waals surface area contributed by atoms with Crippen LogP contribution < -0.4 is 14.8 Å². The number of halogens is 1. The van der Waals surface area contributed by atoms with Crippen molar-refractivity contribution < 1.29 is 28.7 Å². The van der Waals surface area contributed by atoms with Crippen molar-refractivity contribution in [2.45, 2.75) is 0 Å². The Morgan fingerprint density at radius 1 is 1.07 bits per heavy atom. The molecule has 1 aliphatic rings. The van der Waals surface area contributed by atoms with Gasteiger partial charge in [-0.15, -0.1) is 0 Å². The zero-order valence-corrected chi connectivity index (χ0v) is 15.1. The van der Waals surface area contributed by atoms with Gasteiger partial charge in [-0.25, -0.2) is 4.79 Å². The Kier molecular flexibility index (Phi) is 4.28. The van der Waals surface area contributed by atoms with Crippen LogP contribution in [-0.4, -0.2) is 28.9 Å². The highest BCUT2D eigenvalue weighted by atomic mass is 79.9. The van der Waals surface area contributed by atoms with E-state index in [0.717, 1.165) is 0 Å². The Bertz CT molecular complexity index is 1060. The van der Waals surface area contributed by atoms with Crippen molar-refractivity contribution in [3.8, 4) is 22.8 Å². The van der Waals surface area contributed by atoms with Crippen LogP contribution in [0.1, 0.15) is 20.8 Å². The van der Waals surface area contributed by atoms with Crippen LogP contribution in [0.5, 0.6) is 11.5 Å². The third kappa shape index (κ3) is 3.36. The van der Waals surface area contributed by atoms with Crippen molar-refractivity contribution in [3.63, 3.8) is 0 Å². The van der Waals surface area contributed by atoms with E-state index in [1.54, 1.807) is 24.3 Å². The molecule has 27 heavy (non-hydrogen) atoms. The predicted molar refractivity (Wildman–Crippen MR) is 97.1 cm³/mol. The lowest BCUT2D eigenvalue weighted by Crippen LogP contribution is -2.15. The van der Waals surface area contributed by atoms with Gasteiger partial charge in [0.15, 0.2) is 23.0 Å². The number of nitrogens with zero attached hydrogens (tertiary/aromatic N) is 1. The first-order chi connectivity index (χ1) is 13.0. The molecule has 1 amide bonds. The minimum absolute atomic E-state index is 0.0157. The summed E-state index contributed by atoms with van der Waals surface area (Å²) in [7, 11) is 0. The second kappa shape index (κ2) is 6.76. The number of hydrogen-bond donors (Lipinski definition) is 2. The number of aromatic carboxylic acids is 1. The number of carbonyl (C=O) groups is 2. The first-order valence-corrected chi connectivity index (χ1v) is 8.51. The highest BCUT2D eigenvalue weighted by Crippen LogP contribution is 2.36. The van der Waals surface area contributed by atoms with Crippen LogP contribution in [0.3, 0.4) is 0 Å². The highest BCUT2D eigenvalue weighted by Gasteiger charge is 2.19. The minimum atomic E-state index is -1.16. The molecule has 1 aliphatic heterocycles. The molecule has 136 valence electrons. The van der Waals surface area contributed by atoms with Crippen molar-refractivity contribution >= 4 is 33.5 Å². The van der Waals surface area contributed by atoms with Gasteiger partial charge >= 0.3 is 5.97 Å². The van der Waals surface area contributed by atoms with E-state index >= 15 is 0 Å². The van der Waals surface area contributed by atoms with E-state index in [1.165, 1.54) is 18.2 Å². The number of amides is 1. The SMILES string of the molecule is O=C(Nc1ccc(Br)cc1C(=O)O)c1cc(-c2ccc3c(c2)OCO3)on1. The summed E-state index contributed by atoms with van der Waals surface area (Å²) in [4.78, 5) is 23.8. The Morgan fingerprint density at radius 3 is 2.70 bits per heavy atom. The van der Waals surface area contributed by atoms with Gasteiger partial charge in [0.2, 0.25) is 6.79 Å². The van der Waals surface area contributed by atoms with Gasteiger partial charge in [0.25, 0.3) is 5.91 Å². The summed E-state index contributed by atoms with van der Waals surface area (Å²) in [6, 6.07) is 11.2. The van der Waals surface area contributed by atoms with E-state index in [-0.39, 0.29) is 23.7 Å². The number of benzene rings is 2. The zero-order chi connectivity index (χ0) is 19.0. The Balaban J connectivity index is 1.57. The summed E-state index contributed by atoms with van der Waals surface area (Å²) >= 11 is 3.20. The number of nitrogens with one attached hydrogen (secondary N) is 1. The molecule has 0 saturated carbocycles. The first kappa shape index (κ1) is 17.1. The molecule has 0 saturated heterocycles. The van der Waals surface area contributed by atoms with E-state index in [4.69, 9.17) is 14.0 Å². The van der Waals surface area contributed by atoms with E-state index in [0.29, 0.717) is 27.3 Å². The van der Waals surface area contributed by atoms with Gasteiger partial charge in [0.05, 0.1) is 11.3 Å². The Hall–Kier alpha value is -3.33.